The minimum Gasteiger partial charge on any atom is -0.306 e. The molecule has 0 bridgehead atoms. The summed E-state index contributed by atoms with van der Waals surface area (Å²) in [5.74, 6) is 0. The molecule has 1 heterocycles. The summed E-state index contributed by atoms with van der Waals surface area (Å²) in [7, 11) is 2.15. The monoisotopic (exact) mass is 176 g/mol. The molecule has 8 heavy (non-hydrogen) atoms. The summed E-state index contributed by atoms with van der Waals surface area (Å²) < 4.78 is 0. The van der Waals surface area contributed by atoms with Gasteiger partial charge in [-0.3, -0.25) is 0 Å². The molecule has 0 aliphatic carbocycles. The quantitative estimate of drug-likeness (QED) is 0.504. The van der Waals surface area contributed by atoms with E-state index >= 15 is 0 Å². The number of alkyl halides is 1. The van der Waals surface area contributed by atoms with Crippen molar-refractivity contribution in [2.24, 2.45) is 0 Å². The zero-order valence-corrected chi connectivity index (χ0v) is 6.69. The van der Waals surface area contributed by atoms with Gasteiger partial charge in [0.1, 0.15) is 0 Å². The Hall–Kier alpha value is 0.440. The van der Waals surface area contributed by atoms with E-state index in [1.165, 1.54) is 13.0 Å². The molecular formula is C6H11BrN. The molecule has 1 nitrogen and oxygen atoms in total. The molecule has 1 saturated heterocycles. The van der Waals surface area contributed by atoms with Gasteiger partial charge in [-0.25, -0.2) is 0 Å². The molecule has 1 aliphatic heterocycles. The highest BCUT2D eigenvalue weighted by atomic mass is 79.9. The molecule has 0 amide bonds. The SMILES string of the molecule is CN1C[CH]C(Br)CC1. The van der Waals surface area contributed by atoms with Gasteiger partial charge in [-0.05, 0) is 26.4 Å². The fraction of sp³-hybridized carbons (Fsp3) is 0.833. The average molecular weight is 177 g/mol. The first-order valence-electron chi connectivity index (χ1n) is 2.95. The summed E-state index contributed by atoms with van der Waals surface area (Å²) in [6.07, 6.45) is 3.56. The molecule has 0 aromatic rings. The van der Waals surface area contributed by atoms with Crippen LogP contribution in [0.1, 0.15) is 6.42 Å². The predicted octanol–water partition coefficient (Wildman–Crippen LogP) is 1.29. The fourth-order valence-corrected chi connectivity index (χ4v) is 1.22. The van der Waals surface area contributed by atoms with E-state index < -0.39 is 0 Å². The van der Waals surface area contributed by atoms with Crippen LogP contribution in [0.15, 0.2) is 0 Å². The van der Waals surface area contributed by atoms with E-state index in [4.69, 9.17) is 0 Å². The molecule has 1 atom stereocenters. The van der Waals surface area contributed by atoms with Crippen LogP contribution in [-0.4, -0.2) is 29.9 Å². The lowest BCUT2D eigenvalue weighted by Crippen LogP contribution is -2.30. The van der Waals surface area contributed by atoms with Gasteiger partial charge in [0.15, 0.2) is 0 Å². The van der Waals surface area contributed by atoms with Gasteiger partial charge in [0, 0.05) is 11.4 Å². The van der Waals surface area contributed by atoms with E-state index in [0.29, 0.717) is 4.83 Å². The smallest absolute Gasteiger partial charge is 0.0201 e. The summed E-state index contributed by atoms with van der Waals surface area (Å²) in [6.45, 7) is 2.36. The second kappa shape index (κ2) is 2.83. The van der Waals surface area contributed by atoms with Crippen LogP contribution in [0.3, 0.4) is 0 Å². The lowest BCUT2D eigenvalue weighted by Gasteiger charge is -2.24. The van der Waals surface area contributed by atoms with Gasteiger partial charge in [0.05, 0.1) is 0 Å². The Morgan fingerprint density at radius 2 is 2.50 bits per heavy atom. The highest BCUT2D eigenvalue weighted by Gasteiger charge is 2.12. The third-order valence-corrected chi connectivity index (χ3v) is 2.29. The molecule has 0 aromatic heterocycles. The molecule has 0 spiro atoms. The van der Waals surface area contributed by atoms with Crippen molar-refractivity contribution in [1.82, 2.24) is 4.90 Å². The van der Waals surface area contributed by atoms with Crippen LogP contribution in [0.2, 0.25) is 0 Å². The minimum atomic E-state index is 0.665. The topological polar surface area (TPSA) is 3.24 Å². The highest BCUT2D eigenvalue weighted by Crippen LogP contribution is 2.14. The molecule has 0 saturated carbocycles. The van der Waals surface area contributed by atoms with Crippen LogP contribution in [0.25, 0.3) is 0 Å². The van der Waals surface area contributed by atoms with Crippen molar-refractivity contribution >= 4 is 15.9 Å². The van der Waals surface area contributed by atoms with Gasteiger partial charge in [0.2, 0.25) is 0 Å². The molecule has 1 unspecified atom stereocenters. The first kappa shape index (κ1) is 6.56. The fourth-order valence-electron chi connectivity index (χ4n) is 0.847. The molecule has 1 rings (SSSR count). The number of hydrogen-bond donors (Lipinski definition) is 0. The van der Waals surface area contributed by atoms with Crippen molar-refractivity contribution in [2.45, 2.75) is 11.2 Å². The lowest BCUT2D eigenvalue weighted by molar-refractivity contribution is 0.324. The summed E-state index contributed by atoms with van der Waals surface area (Å²) in [6, 6.07) is 0. The number of likely N-dealkylation sites (tertiary alicyclic amines) is 1. The Morgan fingerprint density at radius 1 is 1.75 bits per heavy atom. The maximum absolute atomic E-state index is 3.53. The van der Waals surface area contributed by atoms with Crippen LogP contribution in [0.4, 0.5) is 0 Å². The minimum absolute atomic E-state index is 0.665. The summed E-state index contributed by atoms with van der Waals surface area (Å²) in [5, 5.41) is 0. The predicted molar refractivity (Wildman–Crippen MR) is 39.1 cm³/mol. The molecule has 47 valence electrons. The number of hydrogen-bond acceptors (Lipinski definition) is 1. The molecule has 1 fully saturated rings. The molecule has 2 heteroatoms. The van der Waals surface area contributed by atoms with Crippen LogP contribution < -0.4 is 0 Å². The van der Waals surface area contributed by atoms with Crippen molar-refractivity contribution in [1.29, 1.82) is 0 Å². The summed E-state index contributed by atoms with van der Waals surface area (Å²) in [5.41, 5.74) is 0. The third kappa shape index (κ3) is 1.75. The lowest BCUT2D eigenvalue weighted by atomic mass is 10.1. The van der Waals surface area contributed by atoms with Crippen LogP contribution in [0.5, 0.6) is 0 Å². The number of piperidine rings is 1. The number of rotatable bonds is 0. The van der Waals surface area contributed by atoms with Crippen molar-refractivity contribution in [3.63, 3.8) is 0 Å². The van der Waals surface area contributed by atoms with Gasteiger partial charge in [-0.1, -0.05) is 15.9 Å². The first-order chi connectivity index (χ1) is 3.79. The number of nitrogens with zero attached hydrogens (tertiary/aromatic N) is 1. The van der Waals surface area contributed by atoms with Gasteiger partial charge >= 0.3 is 0 Å². The second-order valence-corrected chi connectivity index (χ2v) is 3.48. The van der Waals surface area contributed by atoms with Gasteiger partial charge in [0.25, 0.3) is 0 Å². The Morgan fingerprint density at radius 3 is 2.88 bits per heavy atom. The van der Waals surface area contributed by atoms with Crippen LogP contribution in [0, 0.1) is 6.42 Å². The van der Waals surface area contributed by atoms with Crippen molar-refractivity contribution < 1.29 is 0 Å². The van der Waals surface area contributed by atoms with Crippen molar-refractivity contribution in [3.8, 4) is 0 Å². The first-order valence-corrected chi connectivity index (χ1v) is 3.86. The Balaban J connectivity index is 2.19. The molecule has 0 N–H and O–H groups in total. The van der Waals surface area contributed by atoms with Crippen molar-refractivity contribution in [3.05, 3.63) is 6.42 Å². The van der Waals surface area contributed by atoms with E-state index in [9.17, 15) is 0 Å². The normalized spacial score (nSPS) is 26.2. The molecular weight excluding hydrogens is 166 g/mol. The van der Waals surface area contributed by atoms with Gasteiger partial charge in [-0.2, -0.15) is 0 Å². The maximum Gasteiger partial charge on any atom is 0.0201 e. The summed E-state index contributed by atoms with van der Waals surface area (Å²) in [4.78, 5) is 2.98. The average Bonchev–Trinajstić information content (AvgIpc) is 1.77. The standard InChI is InChI=1S/C6H11BrN/c1-8-4-2-6(7)3-5-8/h2,6H,3-5H2,1H3. The van der Waals surface area contributed by atoms with Crippen molar-refractivity contribution in [2.75, 3.05) is 20.1 Å². The van der Waals surface area contributed by atoms with Gasteiger partial charge < -0.3 is 4.90 Å². The van der Waals surface area contributed by atoms with E-state index in [2.05, 4.69) is 34.3 Å². The van der Waals surface area contributed by atoms with E-state index in [0.717, 1.165) is 6.54 Å². The third-order valence-electron chi connectivity index (χ3n) is 1.46. The Bertz CT molecular complexity index is 56.9. The van der Waals surface area contributed by atoms with Crippen LogP contribution in [-0.2, 0) is 0 Å². The van der Waals surface area contributed by atoms with E-state index in [1.54, 1.807) is 0 Å². The zero-order chi connectivity index (χ0) is 5.98. The zero-order valence-electron chi connectivity index (χ0n) is 5.10. The Labute approximate surface area is 59.2 Å². The van der Waals surface area contributed by atoms with E-state index in [1.807, 2.05) is 0 Å². The van der Waals surface area contributed by atoms with Crippen LogP contribution >= 0.6 is 15.9 Å². The van der Waals surface area contributed by atoms with E-state index in [-0.39, 0.29) is 0 Å². The molecule has 1 aliphatic rings. The Kier molecular flexibility index (Phi) is 2.32. The molecule has 1 radical (unpaired) electrons. The van der Waals surface area contributed by atoms with Gasteiger partial charge in [-0.15, -0.1) is 0 Å². The largest absolute Gasteiger partial charge is 0.306 e. The second-order valence-electron chi connectivity index (χ2n) is 2.30. The maximum atomic E-state index is 3.53. The number of halogens is 1. The molecule has 0 aromatic carbocycles. The summed E-state index contributed by atoms with van der Waals surface area (Å²) >= 11 is 3.53. The highest BCUT2D eigenvalue weighted by molar-refractivity contribution is 9.09.